The van der Waals surface area contributed by atoms with Crippen molar-refractivity contribution < 1.29 is 34.1 Å². The molecule has 1 aliphatic heterocycles. The number of carboxylic acids is 1. The van der Waals surface area contributed by atoms with Crippen molar-refractivity contribution in [2.45, 2.75) is 24.5 Å². The molecule has 1 heterocycles. The maximum atomic E-state index is 12.4. The fourth-order valence-corrected chi connectivity index (χ4v) is 4.38. The number of carbonyl (C=O) groups is 3. The van der Waals surface area contributed by atoms with Crippen molar-refractivity contribution in [3.8, 4) is 11.1 Å². The van der Waals surface area contributed by atoms with Crippen molar-refractivity contribution in [2.24, 2.45) is 5.92 Å². The van der Waals surface area contributed by atoms with Crippen molar-refractivity contribution in [3.63, 3.8) is 0 Å². The van der Waals surface area contributed by atoms with E-state index in [4.69, 9.17) is 14.6 Å². The Morgan fingerprint density at radius 1 is 1.03 bits per heavy atom. The normalized spacial score (nSPS) is 19.9. The summed E-state index contributed by atoms with van der Waals surface area (Å²) in [4.78, 5) is 35.3. The van der Waals surface area contributed by atoms with Crippen LogP contribution in [0.5, 0.6) is 0 Å². The van der Waals surface area contributed by atoms with Gasteiger partial charge in [-0.15, -0.1) is 0 Å². The van der Waals surface area contributed by atoms with Crippen molar-refractivity contribution in [1.29, 1.82) is 0 Å². The van der Waals surface area contributed by atoms with Gasteiger partial charge >= 0.3 is 12.1 Å². The Morgan fingerprint density at radius 3 is 2.30 bits per heavy atom. The Kier molecular flexibility index (Phi) is 6.90. The number of amides is 2. The first-order valence-corrected chi connectivity index (χ1v) is 10.8. The van der Waals surface area contributed by atoms with Crippen LogP contribution in [0.2, 0.25) is 0 Å². The second-order valence-corrected chi connectivity index (χ2v) is 8.15. The molecule has 1 aliphatic carbocycles. The van der Waals surface area contributed by atoms with Crippen molar-refractivity contribution in [1.82, 2.24) is 10.6 Å². The highest BCUT2D eigenvalue weighted by molar-refractivity contribution is 5.82. The Labute approximate surface area is 190 Å². The van der Waals surface area contributed by atoms with Gasteiger partial charge in [-0.3, -0.25) is 4.79 Å². The molecule has 1 fully saturated rings. The predicted octanol–water partition coefficient (Wildman–Crippen LogP) is 1.49. The average molecular weight is 454 g/mol. The summed E-state index contributed by atoms with van der Waals surface area (Å²) in [6, 6.07) is 16.1. The molecule has 0 radical (unpaired) electrons. The molecule has 0 saturated carbocycles. The van der Waals surface area contributed by atoms with Gasteiger partial charge < -0.3 is 30.3 Å². The summed E-state index contributed by atoms with van der Waals surface area (Å²) in [5, 5.41) is 23.1. The smallest absolute Gasteiger partial charge is 0.407 e. The molecule has 174 valence electrons. The number of nitrogens with one attached hydrogen (secondary N) is 2. The largest absolute Gasteiger partial charge is 0.479 e. The fraction of sp³-hybridized carbons (Fsp3) is 0.375. The number of carbonyl (C=O) groups excluding carboxylic acids is 2. The molecule has 3 atom stereocenters. The van der Waals surface area contributed by atoms with Gasteiger partial charge in [0.05, 0.1) is 6.54 Å². The van der Waals surface area contributed by atoms with Crippen LogP contribution in [0.1, 0.15) is 23.5 Å². The Hall–Kier alpha value is -3.43. The molecule has 2 aliphatic rings. The van der Waals surface area contributed by atoms with Gasteiger partial charge in [-0.1, -0.05) is 48.5 Å². The molecule has 4 N–H and O–H groups in total. The minimum Gasteiger partial charge on any atom is -0.479 e. The number of ether oxygens (including phenoxy) is 2. The first kappa shape index (κ1) is 22.8. The second kappa shape index (κ2) is 10.0. The van der Waals surface area contributed by atoms with Gasteiger partial charge in [0.2, 0.25) is 5.91 Å². The lowest BCUT2D eigenvalue weighted by atomic mass is 9.98. The average Bonchev–Trinajstić information content (AvgIpc) is 3.42. The molecule has 2 aromatic rings. The number of aliphatic hydroxyl groups is 1. The van der Waals surface area contributed by atoms with Crippen LogP contribution in [0, 0.1) is 5.92 Å². The molecule has 1 saturated heterocycles. The Balaban J connectivity index is 1.28. The molecule has 9 heteroatoms. The molecular formula is C24H26N2O7. The lowest BCUT2D eigenvalue weighted by molar-refractivity contribution is -0.146. The molecule has 33 heavy (non-hydrogen) atoms. The highest BCUT2D eigenvalue weighted by Gasteiger charge is 2.35. The van der Waals surface area contributed by atoms with Gasteiger partial charge in [0.1, 0.15) is 12.7 Å². The topological polar surface area (TPSA) is 134 Å². The van der Waals surface area contributed by atoms with E-state index in [1.54, 1.807) is 0 Å². The predicted molar refractivity (Wildman–Crippen MR) is 118 cm³/mol. The maximum absolute atomic E-state index is 12.4. The van der Waals surface area contributed by atoms with Crippen LogP contribution in [-0.4, -0.2) is 66.7 Å². The number of hydrogen-bond acceptors (Lipinski definition) is 6. The van der Waals surface area contributed by atoms with Crippen LogP contribution in [-0.2, 0) is 19.1 Å². The lowest BCUT2D eigenvalue weighted by Gasteiger charge is -2.19. The summed E-state index contributed by atoms with van der Waals surface area (Å²) in [6.45, 7) is 0.297. The van der Waals surface area contributed by atoms with E-state index in [1.807, 2.05) is 36.4 Å². The summed E-state index contributed by atoms with van der Waals surface area (Å²) in [7, 11) is 0. The zero-order valence-corrected chi connectivity index (χ0v) is 17.9. The number of alkyl carbamates (subject to hydrolysis) is 1. The van der Waals surface area contributed by atoms with Crippen LogP contribution in [0.3, 0.4) is 0 Å². The van der Waals surface area contributed by atoms with E-state index < -0.39 is 36.7 Å². The minimum absolute atomic E-state index is 0.0443. The van der Waals surface area contributed by atoms with Gasteiger partial charge in [-0.05, 0) is 28.7 Å². The van der Waals surface area contributed by atoms with Crippen LogP contribution in [0.25, 0.3) is 11.1 Å². The highest BCUT2D eigenvalue weighted by atomic mass is 16.5. The monoisotopic (exact) mass is 454 g/mol. The van der Waals surface area contributed by atoms with Gasteiger partial charge in [0.25, 0.3) is 0 Å². The Morgan fingerprint density at radius 2 is 1.67 bits per heavy atom. The SMILES string of the molecule is O=C(NCC1CCOC1C(=O)NC[C@H](O)C(=O)O)OCC1c2ccccc2-c2ccccc21. The summed E-state index contributed by atoms with van der Waals surface area (Å²) < 4.78 is 10.9. The van der Waals surface area contributed by atoms with E-state index in [2.05, 4.69) is 22.8 Å². The van der Waals surface area contributed by atoms with Gasteiger partial charge in [-0.25, -0.2) is 9.59 Å². The third-order valence-electron chi connectivity index (χ3n) is 6.08. The minimum atomic E-state index is -1.69. The van der Waals surface area contributed by atoms with Crippen molar-refractivity contribution in [2.75, 3.05) is 26.3 Å². The first-order chi connectivity index (χ1) is 16.0. The molecule has 0 bridgehead atoms. The molecule has 9 nitrogen and oxygen atoms in total. The van der Waals surface area contributed by atoms with E-state index in [-0.39, 0.29) is 25.0 Å². The van der Waals surface area contributed by atoms with E-state index >= 15 is 0 Å². The summed E-state index contributed by atoms with van der Waals surface area (Å²) in [6.07, 6.45) is -2.54. The molecule has 2 amide bonds. The standard InChI is InChI=1S/C24H26N2O7/c27-20(23(29)30)12-25-22(28)21-14(9-10-32-21)11-26-24(31)33-13-19-17-7-3-1-5-15(17)16-6-2-4-8-18(16)19/h1-8,14,19-21,27H,9-13H2,(H,25,28)(H,26,31)(H,29,30)/t14?,20-,21?/m0/s1. The second-order valence-electron chi connectivity index (χ2n) is 8.15. The lowest BCUT2D eigenvalue weighted by Crippen LogP contribution is -2.45. The third-order valence-corrected chi connectivity index (χ3v) is 6.08. The quantitative estimate of drug-likeness (QED) is 0.475. The van der Waals surface area contributed by atoms with Crippen LogP contribution in [0.4, 0.5) is 4.79 Å². The van der Waals surface area contributed by atoms with Crippen LogP contribution in [0.15, 0.2) is 48.5 Å². The number of carboxylic acid groups (broad SMARTS) is 1. The molecule has 0 spiro atoms. The van der Waals surface area contributed by atoms with Gasteiger partial charge in [-0.2, -0.15) is 0 Å². The number of hydrogen-bond donors (Lipinski definition) is 4. The van der Waals surface area contributed by atoms with Crippen LogP contribution < -0.4 is 10.6 Å². The molecule has 2 unspecified atom stereocenters. The molecular weight excluding hydrogens is 428 g/mol. The van der Waals surface area contributed by atoms with Crippen molar-refractivity contribution in [3.05, 3.63) is 59.7 Å². The summed E-state index contributed by atoms with van der Waals surface area (Å²) in [5.41, 5.74) is 4.53. The number of rotatable bonds is 8. The third kappa shape index (κ3) is 4.99. The Bertz CT molecular complexity index is 995. The summed E-state index contributed by atoms with van der Waals surface area (Å²) >= 11 is 0. The molecule has 0 aromatic heterocycles. The van der Waals surface area contributed by atoms with Gasteiger partial charge in [0, 0.05) is 25.0 Å². The summed E-state index contributed by atoms with van der Waals surface area (Å²) in [5.74, 6) is -2.27. The number of aliphatic carboxylic acids is 1. The zero-order valence-electron chi connectivity index (χ0n) is 17.9. The van der Waals surface area contributed by atoms with E-state index in [1.165, 1.54) is 0 Å². The maximum Gasteiger partial charge on any atom is 0.407 e. The van der Waals surface area contributed by atoms with E-state index in [0.29, 0.717) is 13.0 Å². The van der Waals surface area contributed by atoms with Crippen molar-refractivity contribution >= 4 is 18.0 Å². The fourth-order valence-electron chi connectivity index (χ4n) is 4.38. The first-order valence-electron chi connectivity index (χ1n) is 10.8. The van der Waals surface area contributed by atoms with Crippen LogP contribution >= 0.6 is 0 Å². The number of benzene rings is 2. The zero-order chi connectivity index (χ0) is 23.4. The number of aliphatic hydroxyl groups excluding tert-OH is 1. The van der Waals surface area contributed by atoms with Gasteiger partial charge in [0.15, 0.2) is 6.10 Å². The molecule has 2 aromatic carbocycles. The number of fused-ring (bicyclic) bond motifs is 3. The van der Waals surface area contributed by atoms with E-state index in [0.717, 1.165) is 22.3 Å². The van der Waals surface area contributed by atoms with E-state index in [9.17, 15) is 19.5 Å². The molecule has 4 rings (SSSR count). The highest BCUT2D eigenvalue weighted by Crippen LogP contribution is 2.44.